The predicted molar refractivity (Wildman–Crippen MR) is 149 cm³/mol. The number of aliphatic hydroxyl groups is 1. The van der Waals surface area contributed by atoms with Crippen LogP contribution in [0.2, 0.25) is 0 Å². The van der Waals surface area contributed by atoms with Crippen molar-refractivity contribution in [1.29, 1.82) is 0 Å². The number of nitrogens with one attached hydrogen (secondary N) is 2. The second-order valence-corrected chi connectivity index (χ2v) is 11.2. The molecule has 0 saturated carbocycles. The average Bonchev–Trinajstić information content (AvgIpc) is 3.62. The van der Waals surface area contributed by atoms with Crippen LogP contribution in [-0.2, 0) is 32.3 Å². The molecule has 2 aliphatic rings. The monoisotopic (exact) mass is 634 g/mol. The van der Waals surface area contributed by atoms with E-state index in [2.05, 4.69) is 35.0 Å². The summed E-state index contributed by atoms with van der Waals surface area (Å²) in [5, 5.41) is 29.5. The summed E-state index contributed by atoms with van der Waals surface area (Å²) in [5.74, 6) is -3.08. The number of thioether (sulfide) groups is 1. The van der Waals surface area contributed by atoms with Crippen LogP contribution in [-0.4, -0.2) is 96.1 Å². The van der Waals surface area contributed by atoms with Crippen LogP contribution in [0.25, 0.3) is 11.2 Å². The van der Waals surface area contributed by atoms with E-state index in [1.807, 2.05) is 16.7 Å². The highest BCUT2D eigenvalue weighted by Crippen LogP contribution is 2.40. The Bertz CT molecular complexity index is 1590. The Balaban J connectivity index is 1.32. The number of aryl methyl sites for hydroxylation is 1. The highest BCUT2D eigenvalue weighted by atomic mass is 32.2. The first-order chi connectivity index (χ1) is 20.8. The molecular formula is C24H27FN10O6S2. The van der Waals surface area contributed by atoms with Crippen molar-refractivity contribution in [2.75, 3.05) is 38.0 Å². The molecule has 5 rings (SSSR count). The van der Waals surface area contributed by atoms with Gasteiger partial charge in [0.05, 0.1) is 24.5 Å². The minimum absolute atomic E-state index is 0.0348. The zero-order valence-corrected chi connectivity index (χ0v) is 24.1. The number of alkyl halides is 1. The van der Waals surface area contributed by atoms with Gasteiger partial charge in [-0.1, -0.05) is 5.16 Å². The fraction of sp³-hybridized carbons (Fsp3) is 0.417. The van der Waals surface area contributed by atoms with Gasteiger partial charge in [-0.2, -0.15) is 9.36 Å². The fourth-order valence-corrected chi connectivity index (χ4v) is 6.55. The van der Waals surface area contributed by atoms with Crippen molar-refractivity contribution in [3.63, 3.8) is 0 Å². The number of imidazole rings is 1. The number of nitrogens with two attached hydrogens (primary N) is 1. The van der Waals surface area contributed by atoms with Gasteiger partial charge in [-0.3, -0.25) is 14.5 Å². The van der Waals surface area contributed by atoms with Gasteiger partial charge in [0.25, 0.3) is 18.7 Å². The van der Waals surface area contributed by atoms with Crippen LogP contribution >= 0.6 is 23.3 Å². The topological polar surface area (TPSA) is 217 Å². The number of aliphatic hydroxyl groups excluding tert-OH is 1. The maximum absolute atomic E-state index is 13.2. The maximum atomic E-state index is 13.2. The minimum atomic E-state index is -1.52. The lowest BCUT2D eigenvalue weighted by Crippen LogP contribution is -2.71. The highest BCUT2D eigenvalue weighted by molar-refractivity contribution is 8.00. The molecule has 2 atom stereocenters. The van der Waals surface area contributed by atoms with Gasteiger partial charge < -0.3 is 40.8 Å². The van der Waals surface area contributed by atoms with E-state index in [1.54, 1.807) is 17.1 Å². The van der Waals surface area contributed by atoms with E-state index in [1.165, 1.54) is 11.8 Å². The van der Waals surface area contributed by atoms with E-state index in [9.17, 15) is 23.9 Å². The van der Waals surface area contributed by atoms with Crippen LogP contribution in [0.5, 0.6) is 0 Å². The number of hydrogen-bond acceptors (Lipinski definition) is 14. The third-order valence-corrected chi connectivity index (χ3v) is 8.54. The standard InChI is InChI=1S/C24H27FN10O6S2/c25-11-41-31-15(18-30-24(26)43-32-18)20(37)29-16-21(38)35-17(23(39)40)13(10-42-22(16)35)9-33-6-1-3-14-19(33)28-12-34(14)7-2-4-27-5-8-36/h1,3,6,12,16,22,27,36H,2,4-5,7-11H2,(H3-,26,29,30,32,37,39,40)/b31-15-. The summed E-state index contributed by atoms with van der Waals surface area (Å²) in [5.41, 5.74) is 6.76. The van der Waals surface area contributed by atoms with Gasteiger partial charge >= 0.3 is 5.65 Å². The van der Waals surface area contributed by atoms with Gasteiger partial charge in [0.1, 0.15) is 23.5 Å². The molecule has 2 aliphatic heterocycles. The first-order valence-electron chi connectivity index (χ1n) is 13.0. The molecule has 0 spiro atoms. The van der Waals surface area contributed by atoms with Crippen molar-refractivity contribution in [2.24, 2.45) is 5.16 Å². The number of aliphatic carboxylic acids is 1. The second-order valence-electron chi connectivity index (χ2n) is 9.34. The Labute approximate surface area is 251 Å². The molecule has 43 heavy (non-hydrogen) atoms. The third-order valence-electron chi connectivity index (χ3n) is 6.65. The number of nitrogen functional groups attached to an aromatic ring is 1. The van der Waals surface area contributed by atoms with Crippen molar-refractivity contribution in [3.05, 3.63) is 41.8 Å². The van der Waals surface area contributed by atoms with Crippen LogP contribution < -0.4 is 26.0 Å². The van der Waals surface area contributed by atoms with Crippen molar-refractivity contribution in [1.82, 2.24) is 34.4 Å². The molecule has 2 unspecified atom stereocenters. The first kappa shape index (κ1) is 30.3. The third kappa shape index (κ3) is 6.28. The summed E-state index contributed by atoms with van der Waals surface area (Å²) in [6.07, 6.45) is 4.31. The number of oxime groups is 1. The lowest BCUT2D eigenvalue weighted by atomic mass is 10.0. The number of hydrogen-bond donors (Lipinski definition) is 4. The zero-order valence-electron chi connectivity index (χ0n) is 22.5. The Morgan fingerprint density at radius 2 is 2.21 bits per heavy atom. The number of pyridine rings is 1. The lowest BCUT2D eigenvalue weighted by Gasteiger charge is -2.50. The van der Waals surface area contributed by atoms with E-state index < -0.39 is 41.8 Å². The summed E-state index contributed by atoms with van der Waals surface area (Å²) in [6, 6.07) is 2.65. The molecule has 16 nitrogen and oxygen atoms in total. The molecule has 1 saturated heterocycles. The van der Waals surface area contributed by atoms with Crippen molar-refractivity contribution >= 4 is 63.1 Å². The van der Waals surface area contributed by atoms with Gasteiger partial charge in [0.2, 0.25) is 17.9 Å². The number of carboxylic acid groups (broad SMARTS) is 1. The fourth-order valence-electron chi connectivity index (χ4n) is 4.78. The Morgan fingerprint density at radius 1 is 1.37 bits per heavy atom. The number of β-lactam (4-membered cyclic amide) rings is 1. The Hall–Kier alpha value is -4.20. The molecule has 228 valence electrons. The van der Waals surface area contributed by atoms with E-state index in [4.69, 9.17) is 10.8 Å². The number of carbonyl (C=O) groups excluding carboxylic acids is 3. The maximum Gasteiger partial charge on any atom is 0.349 e. The predicted octanol–water partition coefficient (Wildman–Crippen LogP) is -2.52. The Kier molecular flexibility index (Phi) is 9.43. The molecule has 0 aromatic carbocycles. The number of nitrogens with zero attached hydrogens (tertiary/aromatic N) is 7. The normalized spacial score (nSPS) is 18.5. The number of fused-ring (bicyclic) bond motifs is 2. The highest BCUT2D eigenvalue weighted by Gasteiger charge is 2.53. The lowest BCUT2D eigenvalue weighted by molar-refractivity contribution is -0.664. The molecular weight excluding hydrogens is 607 g/mol. The van der Waals surface area contributed by atoms with E-state index in [0.29, 0.717) is 24.3 Å². The molecule has 0 radical (unpaired) electrons. The smallest absolute Gasteiger partial charge is 0.349 e. The number of amides is 2. The largest absolute Gasteiger partial charge is 0.543 e. The quantitative estimate of drug-likeness (QED) is 0.0475. The van der Waals surface area contributed by atoms with E-state index >= 15 is 0 Å². The number of carboxylic acids is 1. The summed E-state index contributed by atoms with van der Waals surface area (Å²) in [7, 11) is 0. The summed E-state index contributed by atoms with van der Waals surface area (Å²) in [6.45, 7) is 0.845. The summed E-state index contributed by atoms with van der Waals surface area (Å²) in [4.78, 5) is 52.2. The van der Waals surface area contributed by atoms with Crippen LogP contribution in [0.15, 0.2) is 41.1 Å². The molecule has 3 aromatic rings. The first-order valence-corrected chi connectivity index (χ1v) is 14.9. The molecule has 19 heteroatoms. The number of anilines is 1. The summed E-state index contributed by atoms with van der Waals surface area (Å²) >= 11 is 2.05. The molecule has 5 N–H and O–H groups in total. The van der Waals surface area contributed by atoms with Crippen LogP contribution in [0, 0.1) is 0 Å². The van der Waals surface area contributed by atoms with Crippen LogP contribution in [0.3, 0.4) is 0 Å². The van der Waals surface area contributed by atoms with Crippen molar-refractivity contribution in [2.45, 2.75) is 30.9 Å². The number of rotatable bonds is 14. The van der Waals surface area contributed by atoms with E-state index in [0.717, 1.165) is 34.9 Å². The average molecular weight is 635 g/mol. The van der Waals surface area contributed by atoms with Gasteiger partial charge in [0, 0.05) is 35.9 Å². The van der Waals surface area contributed by atoms with Crippen LogP contribution in [0.1, 0.15) is 12.2 Å². The van der Waals surface area contributed by atoms with Gasteiger partial charge in [0.15, 0.2) is 5.13 Å². The SMILES string of the molecule is Nc1nc(/C(=N/OCF)C(=O)NC2C(=O)N3C(C(=O)[O-])=C(C[n+]4cccc5c4ncn5CCCNCCO)CSC23)ns1. The molecule has 1 fully saturated rings. The van der Waals surface area contributed by atoms with Gasteiger partial charge in [-0.15, -0.1) is 11.8 Å². The number of halogens is 1. The zero-order chi connectivity index (χ0) is 30.5. The second kappa shape index (κ2) is 13.4. The molecule has 3 aromatic heterocycles. The van der Waals surface area contributed by atoms with Crippen LogP contribution in [0.4, 0.5) is 9.52 Å². The molecule has 5 heterocycles. The molecule has 2 amide bonds. The van der Waals surface area contributed by atoms with Crippen molar-refractivity contribution < 1.29 is 38.4 Å². The van der Waals surface area contributed by atoms with Gasteiger partial charge in [-0.05, 0) is 30.1 Å². The summed E-state index contributed by atoms with van der Waals surface area (Å²) < 4.78 is 20.2. The number of carbonyl (C=O) groups is 3. The molecule has 0 aliphatic carbocycles. The van der Waals surface area contributed by atoms with Gasteiger partial charge in [-0.25, -0.2) is 8.96 Å². The van der Waals surface area contributed by atoms with E-state index in [-0.39, 0.29) is 35.6 Å². The molecule has 0 bridgehead atoms. The Morgan fingerprint density at radius 3 is 2.93 bits per heavy atom. The minimum Gasteiger partial charge on any atom is -0.543 e. The number of aromatic nitrogens is 5. The van der Waals surface area contributed by atoms with Crippen molar-refractivity contribution in [3.8, 4) is 0 Å².